The topological polar surface area (TPSA) is 54.9 Å². The maximum atomic E-state index is 11.5. The molecular formula is C7H4BrN3OS2. The van der Waals surface area contributed by atoms with E-state index in [1.54, 1.807) is 17.0 Å². The molecule has 4 nitrogen and oxygen atoms in total. The molecule has 14 heavy (non-hydrogen) atoms. The molecule has 0 atom stereocenters. The van der Waals surface area contributed by atoms with Gasteiger partial charge in [-0.15, -0.1) is 21.5 Å². The lowest BCUT2D eigenvalue weighted by Gasteiger charge is -1.96. The van der Waals surface area contributed by atoms with Crippen LogP contribution in [0.3, 0.4) is 0 Å². The summed E-state index contributed by atoms with van der Waals surface area (Å²) in [6.45, 7) is 0. The van der Waals surface area contributed by atoms with Crippen molar-refractivity contribution in [1.29, 1.82) is 0 Å². The standard InChI is InChI=1S/C7H4BrN3OS2/c8-5-1-4(2-13-5)6(12)10-7-11-9-3-14-7/h1-3H,(H,10,11,12). The van der Waals surface area contributed by atoms with Crippen molar-refractivity contribution in [2.24, 2.45) is 0 Å². The molecule has 7 heteroatoms. The van der Waals surface area contributed by atoms with Crippen LogP contribution in [0.2, 0.25) is 0 Å². The molecule has 0 aromatic carbocycles. The number of amides is 1. The van der Waals surface area contributed by atoms with Crippen LogP contribution in [0, 0.1) is 0 Å². The molecule has 2 aromatic heterocycles. The zero-order valence-corrected chi connectivity index (χ0v) is 9.95. The largest absolute Gasteiger partial charge is 0.296 e. The first kappa shape index (κ1) is 9.75. The molecule has 0 aliphatic rings. The summed E-state index contributed by atoms with van der Waals surface area (Å²) in [5.41, 5.74) is 2.19. The molecule has 0 aliphatic heterocycles. The van der Waals surface area contributed by atoms with Gasteiger partial charge in [-0.1, -0.05) is 11.3 Å². The van der Waals surface area contributed by atoms with Crippen molar-refractivity contribution < 1.29 is 4.79 Å². The molecule has 0 radical (unpaired) electrons. The molecule has 1 amide bonds. The Labute approximate surface area is 96.1 Å². The Morgan fingerprint density at radius 3 is 2.93 bits per heavy atom. The van der Waals surface area contributed by atoms with Crippen LogP contribution >= 0.6 is 38.6 Å². The van der Waals surface area contributed by atoms with Gasteiger partial charge in [-0.2, -0.15) is 0 Å². The molecule has 2 aromatic rings. The quantitative estimate of drug-likeness (QED) is 0.925. The van der Waals surface area contributed by atoms with Crippen LogP contribution in [-0.2, 0) is 0 Å². The highest BCUT2D eigenvalue weighted by Gasteiger charge is 2.09. The third kappa shape index (κ3) is 2.17. The first-order valence-electron chi connectivity index (χ1n) is 3.57. The third-order valence-corrected chi connectivity index (χ3v) is 3.52. The van der Waals surface area contributed by atoms with E-state index in [4.69, 9.17) is 0 Å². The first-order chi connectivity index (χ1) is 6.75. The molecule has 0 spiro atoms. The number of halogens is 1. The molecule has 0 bridgehead atoms. The molecule has 0 aliphatic carbocycles. The van der Waals surface area contributed by atoms with Crippen LogP contribution in [0.25, 0.3) is 0 Å². The van der Waals surface area contributed by atoms with Gasteiger partial charge in [-0.25, -0.2) is 0 Å². The lowest BCUT2D eigenvalue weighted by atomic mass is 10.3. The Morgan fingerprint density at radius 2 is 2.36 bits per heavy atom. The smallest absolute Gasteiger partial charge is 0.258 e. The van der Waals surface area contributed by atoms with E-state index in [0.29, 0.717) is 10.7 Å². The maximum Gasteiger partial charge on any atom is 0.258 e. The Kier molecular flexibility index (Phi) is 2.90. The summed E-state index contributed by atoms with van der Waals surface area (Å²) in [6.07, 6.45) is 0. The van der Waals surface area contributed by atoms with Crippen molar-refractivity contribution >= 4 is 49.6 Å². The van der Waals surface area contributed by atoms with E-state index >= 15 is 0 Å². The van der Waals surface area contributed by atoms with Crippen molar-refractivity contribution in [2.45, 2.75) is 0 Å². The van der Waals surface area contributed by atoms with Gasteiger partial charge in [-0.05, 0) is 22.0 Å². The number of thiophene rings is 1. The minimum atomic E-state index is -0.163. The highest BCUT2D eigenvalue weighted by atomic mass is 79.9. The van der Waals surface area contributed by atoms with E-state index in [1.165, 1.54) is 22.7 Å². The number of nitrogens with zero attached hydrogens (tertiary/aromatic N) is 2. The zero-order valence-electron chi connectivity index (χ0n) is 6.73. The number of rotatable bonds is 2. The summed E-state index contributed by atoms with van der Waals surface area (Å²) in [7, 11) is 0. The van der Waals surface area contributed by atoms with E-state index in [9.17, 15) is 4.79 Å². The van der Waals surface area contributed by atoms with Gasteiger partial charge in [0.25, 0.3) is 5.91 Å². The average molecular weight is 290 g/mol. The predicted octanol–water partition coefficient (Wildman–Crippen LogP) is 2.61. The fourth-order valence-electron chi connectivity index (χ4n) is 0.826. The number of carbonyl (C=O) groups excluding carboxylic acids is 1. The summed E-state index contributed by atoms with van der Waals surface area (Å²) in [6, 6.07) is 1.76. The molecule has 0 unspecified atom stereocenters. The van der Waals surface area contributed by atoms with E-state index in [0.717, 1.165) is 3.79 Å². The first-order valence-corrected chi connectivity index (χ1v) is 6.12. The molecule has 0 fully saturated rings. The van der Waals surface area contributed by atoms with Gasteiger partial charge in [-0.3, -0.25) is 10.1 Å². The highest BCUT2D eigenvalue weighted by molar-refractivity contribution is 9.11. The van der Waals surface area contributed by atoms with E-state index < -0.39 is 0 Å². The maximum absolute atomic E-state index is 11.5. The molecule has 2 heterocycles. The monoisotopic (exact) mass is 289 g/mol. The lowest BCUT2D eigenvalue weighted by Crippen LogP contribution is -2.10. The second kappa shape index (κ2) is 4.16. The third-order valence-electron chi connectivity index (χ3n) is 1.41. The van der Waals surface area contributed by atoms with Gasteiger partial charge in [0.05, 0.1) is 9.35 Å². The number of hydrogen-bond donors (Lipinski definition) is 1. The molecule has 0 saturated heterocycles. The summed E-state index contributed by atoms with van der Waals surface area (Å²) < 4.78 is 0.930. The molecule has 1 N–H and O–H groups in total. The number of hydrogen-bond acceptors (Lipinski definition) is 5. The van der Waals surface area contributed by atoms with Gasteiger partial charge in [0, 0.05) is 5.38 Å². The summed E-state index contributed by atoms with van der Waals surface area (Å²) in [5.74, 6) is -0.163. The van der Waals surface area contributed by atoms with Gasteiger partial charge in [0.15, 0.2) is 0 Å². The fraction of sp³-hybridized carbons (Fsp3) is 0. The van der Waals surface area contributed by atoms with Crippen LogP contribution in [-0.4, -0.2) is 16.1 Å². The van der Waals surface area contributed by atoms with Gasteiger partial charge < -0.3 is 0 Å². The van der Waals surface area contributed by atoms with Gasteiger partial charge in [0.1, 0.15) is 5.51 Å². The van der Waals surface area contributed by atoms with Crippen molar-refractivity contribution in [3.8, 4) is 0 Å². The number of nitrogens with one attached hydrogen (secondary N) is 1. The second-order valence-electron chi connectivity index (χ2n) is 2.34. The van der Waals surface area contributed by atoms with Crippen molar-refractivity contribution in [3.63, 3.8) is 0 Å². The lowest BCUT2D eigenvalue weighted by molar-refractivity contribution is 0.102. The van der Waals surface area contributed by atoms with Crippen LogP contribution in [0.1, 0.15) is 10.4 Å². The Morgan fingerprint density at radius 1 is 1.50 bits per heavy atom. The Balaban J connectivity index is 2.10. The van der Waals surface area contributed by atoms with E-state index in [1.807, 2.05) is 0 Å². The molecular weight excluding hydrogens is 286 g/mol. The molecule has 2 rings (SSSR count). The second-order valence-corrected chi connectivity index (χ2v) is 5.46. The predicted molar refractivity (Wildman–Crippen MR) is 59.9 cm³/mol. The summed E-state index contributed by atoms with van der Waals surface area (Å²) in [5, 5.41) is 12.3. The van der Waals surface area contributed by atoms with Crippen molar-refractivity contribution in [1.82, 2.24) is 10.2 Å². The van der Waals surface area contributed by atoms with Gasteiger partial charge >= 0.3 is 0 Å². The minimum absolute atomic E-state index is 0.163. The summed E-state index contributed by atoms with van der Waals surface area (Å²) in [4.78, 5) is 11.5. The highest BCUT2D eigenvalue weighted by Crippen LogP contribution is 2.21. The average Bonchev–Trinajstić information content (AvgIpc) is 2.75. The van der Waals surface area contributed by atoms with Gasteiger partial charge in [0.2, 0.25) is 5.13 Å². The van der Waals surface area contributed by atoms with Crippen molar-refractivity contribution in [3.05, 3.63) is 26.3 Å². The molecule has 72 valence electrons. The number of aromatic nitrogens is 2. The Hall–Kier alpha value is -0.790. The number of carbonyl (C=O) groups is 1. The SMILES string of the molecule is O=C(Nc1nncs1)c1csc(Br)c1. The van der Waals surface area contributed by atoms with Crippen LogP contribution in [0.15, 0.2) is 20.7 Å². The van der Waals surface area contributed by atoms with Crippen LogP contribution in [0.4, 0.5) is 5.13 Å². The normalized spacial score (nSPS) is 10.1. The van der Waals surface area contributed by atoms with Crippen molar-refractivity contribution in [2.75, 3.05) is 5.32 Å². The Bertz CT molecular complexity index is 439. The summed E-state index contributed by atoms with van der Waals surface area (Å²) >= 11 is 6.05. The molecule has 0 saturated carbocycles. The van der Waals surface area contributed by atoms with E-state index in [-0.39, 0.29) is 5.91 Å². The minimum Gasteiger partial charge on any atom is -0.296 e. The van der Waals surface area contributed by atoms with Crippen LogP contribution < -0.4 is 5.32 Å². The van der Waals surface area contributed by atoms with Crippen LogP contribution in [0.5, 0.6) is 0 Å². The number of anilines is 1. The van der Waals surface area contributed by atoms with E-state index in [2.05, 4.69) is 31.4 Å². The fourth-order valence-corrected chi connectivity index (χ4v) is 2.40. The zero-order chi connectivity index (χ0) is 9.97.